The highest BCUT2D eigenvalue weighted by Crippen LogP contribution is 2.17. The molecule has 6 nitrogen and oxygen atoms in total. The Morgan fingerprint density at radius 3 is 2.92 bits per heavy atom. The number of hydrogen-bond donors (Lipinski definition) is 1. The van der Waals surface area contributed by atoms with Crippen LogP contribution in [0, 0.1) is 0 Å². The first-order chi connectivity index (χ1) is 11.8. The number of rotatable bonds is 4. The van der Waals surface area contributed by atoms with Crippen molar-refractivity contribution < 1.29 is 4.79 Å². The molecule has 0 aromatic carbocycles. The normalized spacial score (nSPS) is 10.8. The van der Waals surface area contributed by atoms with Gasteiger partial charge in [-0.2, -0.15) is 0 Å². The van der Waals surface area contributed by atoms with Gasteiger partial charge in [0.2, 0.25) is 0 Å². The van der Waals surface area contributed by atoms with E-state index in [1.165, 1.54) is 0 Å². The van der Waals surface area contributed by atoms with E-state index >= 15 is 0 Å². The van der Waals surface area contributed by atoms with Crippen LogP contribution in [0.5, 0.6) is 0 Å². The van der Waals surface area contributed by atoms with Crippen LogP contribution in [0.15, 0.2) is 60.4 Å². The predicted molar refractivity (Wildman–Crippen MR) is 91.7 cm³/mol. The van der Waals surface area contributed by atoms with Crippen LogP contribution in [0.4, 0.5) is 0 Å². The van der Waals surface area contributed by atoms with Crippen LogP contribution in [-0.2, 0) is 6.54 Å². The average molecular weight is 335 g/mol. The first-order valence-corrected chi connectivity index (χ1v) is 8.25. The molecule has 7 heteroatoms. The summed E-state index contributed by atoms with van der Waals surface area (Å²) < 4.78 is 1.80. The average Bonchev–Trinajstić information content (AvgIpc) is 3.29. The summed E-state index contributed by atoms with van der Waals surface area (Å²) in [6.45, 7) is 0.520. The quantitative estimate of drug-likeness (QED) is 0.622. The lowest BCUT2D eigenvalue weighted by Crippen LogP contribution is -2.22. The molecule has 0 aliphatic heterocycles. The van der Waals surface area contributed by atoms with Crippen LogP contribution < -0.4 is 5.32 Å². The summed E-state index contributed by atoms with van der Waals surface area (Å²) in [7, 11) is 0. The van der Waals surface area contributed by atoms with Gasteiger partial charge in [0, 0.05) is 29.0 Å². The highest BCUT2D eigenvalue weighted by molar-refractivity contribution is 7.09. The van der Waals surface area contributed by atoms with Gasteiger partial charge in [-0.3, -0.25) is 14.2 Å². The second kappa shape index (κ2) is 6.21. The first-order valence-electron chi connectivity index (χ1n) is 7.37. The van der Waals surface area contributed by atoms with Crippen molar-refractivity contribution in [1.29, 1.82) is 0 Å². The minimum atomic E-state index is -0.129. The maximum absolute atomic E-state index is 12.4. The van der Waals surface area contributed by atoms with Crippen LogP contribution in [0.3, 0.4) is 0 Å². The summed E-state index contributed by atoms with van der Waals surface area (Å²) in [5.41, 5.74) is 2.09. The van der Waals surface area contributed by atoms with Crippen molar-refractivity contribution in [3.63, 3.8) is 0 Å². The molecular weight excluding hydrogens is 322 g/mol. The van der Waals surface area contributed by atoms with E-state index in [-0.39, 0.29) is 5.91 Å². The van der Waals surface area contributed by atoms with E-state index < -0.39 is 0 Å². The number of nitrogens with one attached hydrogen (secondary N) is 1. The minimum Gasteiger partial charge on any atom is -0.347 e. The molecule has 4 heterocycles. The van der Waals surface area contributed by atoms with E-state index in [2.05, 4.69) is 20.5 Å². The SMILES string of the molecule is O=C(NCc1cccs1)c1ccc2nnc(-c3cccnc3)n2c1. The molecule has 118 valence electrons. The molecule has 4 rings (SSSR count). The summed E-state index contributed by atoms with van der Waals surface area (Å²) >= 11 is 1.62. The van der Waals surface area contributed by atoms with Crippen LogP contribution in [0.25, 0.3) is 17.0 Å². The Morgan fingerprint density at radius 2 is 2.12 bits per heavy atom. The molecule has 0 aliphatic carbocycles. The molecule has 0 aliphatic rings. The van der Waals surface area contributed by atoms with E-state index in [0.29, 0.717) is 23.6 Å². The topological polar surface area (TPSA) is 72.2 Å². The number of fused-ring (bicyclic) bond motifs is 1. The molecule has 1 amide bonds. The Kier molecular flexibility index (Phi) is 3.76. The fourth-order valence-corrected chi connectivity index (χ4v) is 3.04. The number of carbonyl (C=O) groups excluding carboxylic acids is 1. The van der Waals surface area contributed by atoms with Crippen LogP contribution in [-0.4, -0.2) is 25.5 Å². The molecule has 0 radical (unpaired) electrons. The Balaban J connectivity index is 1.63. The number of hydrogen-bond acceptors (Lipinski definition) is 5. The van der Waals surface area contributed by atoms with Crippen molar-refractivity contribution >= 4 is 22.9 Å². The second-order valence-electron chi connectivity index (χ2n) is 5.17. The van der Waals surface area contributed by atoms with Crippen LogP contribution in [0.1, 0.15) is 15.2 Å². The van der Waals surface area contributed by atoms with Crippen LogP contribution >= 0.6 is 11.3 Å². The van der Waals surface area contributed by atoms with Crippen molar-refractivity contribution in [3.05, 3.63) is 70.8 Å². The summed E-state index contributed by atoms with van der Waals surface area (Å²) in [4.78, 5) is 17.6. The summed E-state index contributed by atoms with van der Waals surface area (Å²) in [5.74, 6) is 0.530. The summed E-state index contributed by atoms with van der Waals surface area (Å²) in [6, 6.07) is 11.2. The molecule has 24 heavy (non-hydrogen) atoms. The van der Waals surface area contributed by atoms with Gasteiger partial charge in [0.05, 0.1) is 12.1 Å². The van der Waals surface area contributed by atoms with Gasteiger partial charge in [0.1, 0.15) is 0 Å². The van der Waals surface area contributed by atoms with Gasteiger partial charge in [0.15, 0.2) is 11.5 Å². The molecular formula is C17H13N5OS. The van der Waals surface area contributed by atoms with E-state index in [1.54, 1.807) is 46.5 Å². The van der Waals surface area contributed by atoms with Crippen molar-refractivity contribution in [2.75, 3.05) is 0 Å². The van der Waals surface area contributed by atoms with E-state index in [9.17, 15) is 4.79 Å². The lowest BCUT2D eigenvalue weighted by atomic mass is 10.2. The fourth-order valence-electron chi connectivity index (χ4n) is 2.40. The third kappa shape index (κ3) is 2.77. The molecule has 4 aromatic rings. The van der Waals surface area contributed by atoms with Gasteiger partial charge >= 0.3 is 0 Å². The van der Waals surface area contributed by atoms with Gasteiger partial charge in [-0.15, -0.1) is 21.5 Å². The van der Waals surface area contributed by atoms with E-state index in [4.69, 9.17) is 0 Å². The van der Waals surface area contributed by atoms with Gasteiger partial charge in [-0.05, 0) is 35.7 Å². The Labute approximate surface area is 141 Å². The molecule has 0 fully saturated rings. The predicted octanol–water partition coefficient (Wildman–Crippen LogP) is 2.78. The fraction of sp³-hybridized carbons (Fsp3) is 0.0588. The third-order valence-electron chi connectivity index (χ3n) is 3.59. The minimum absolute atomic E-state index is 0.129. The van der Waals surface area contributed by atoms with E-state index in [0.717, 1.165) is 10.4 Å². The zero-order chi connectivity index (χ0) is 16.4. The molecule has 0 saturated carbocycles. The third-order valence-corrected chi connectivity index (χ3v) is 4.46. The van der Waals surface area contributed by atoms with Crippen molar-refractivity contribution in [1.82, 2.24) is 24.9 Å². The van der Waals surface area contributed by atoms with Gasteiger partial charge in [-0.1, -0.05) is 6.07 Å². The number of carbonyl (C=O) groups is 1. The lowest BCUT2D eigenvalue weighted by Gasteiger charge is -2.05. The summed E-state index contributed by atoms with van der Waals surface area (Å²) in [5, 5.41) is 13.2. The van der Waals surface area contributed by atoms with Crippen LogP contribution in [0.2, 0.25) is 0 Å². The van der Waals surface area contributed by atoms with Crippen molar-refractivity contribution in [3.8, 4) is 11.4 Å². The first kappa shape index (κ1) is 14.5. The largest absolute Gasteiger partial charge is 0.347 e. The zero-order valence-corrected chi connectivity index (χ0v) is 13.4. The standard InChI is InChI=1S/C17H13N5OS/c23-17(19-10-14-4-2-8-24-14)13-5-6-15-20-21-16(22(15)11-13)12-3-1-7-18-9-12/h1-9,11H,10H2,(H,19,23). The molecule has 1 N–H and O–H groups in total. The molecule has 0 spiro atoms. The molecule has 0 saturated heterocycles. The van der Waals surface area contributed by atoms with Crippen molar-refractivity contribution in [2.45, 2.75) is 6.54 Å². The maximum Gasteiger partial charge on any atom is 0.253 e. The maximum atomic E-state index is 12.4. The Morgan fingerprint density at radius 1 is 1.17 bits per heavy atom. The number of pyridine rings is 2. The number of thiophene rings is 1. The van der Waals surface area contributed by atoms with E-state index in [1.807, 2.05) is 29.6 Å². The highest BCUT2D eigenvalue weighted by Gasteiger charge is 2.12. The number of amides is 1. The zero-order valence-electron chi connectivity index (χ0n) is 12.6. The molecule has 0 atom stereocenters. The molecule has 0 unspecified atom stereocenters. The molecule has 4 aromatic heterocycles. The summed E-state index contributed by atoms with van der Waals surface area (Å²) in [6.07, 6.45) is 5.18. The van der Waals surface area contributed by atoms with Gasteiger partial charge in [-0.25, -0.2) is 0 Å². The monoisotopic (exact) mass is 335 g/mol. The Hall–Kier alpha value is -3.06. The second-order valence-corrected chi connectivity index (χ2v) is 6.21. The van der Waals surface area contributed by atoms with Gasteiger partial charge < -0.3 is 5.32 Å². The number of nitrogens with zero attached hydrogens (tertiary/aromatic N) is 4. The van der Waals surface area contributed by atoms with Crippen molar-refractivity contribution in [2.24, 2.45) is 0 Å². The Bertz CT molecular complexity index is 979. The van der Waals surface area contributed by atoms with Gasteiger partial charge in [0.25, 0.3) is 5.91 Å². The number of aromatic nitrogens is 4. The highest BCUT2D eigenvalue weighted by atomic mass is 32.1. The smallest absolute Gasteiger partial charge is 0.253 e. The lowest BCUT2D eigenvalue weighted by molar-refractivity contribution is 0.0951. The molecule has 0 bridgehead atoms.